The van der Waals surface area contributed by atoms with Gasteiger partial charge in [0.15, 0.2) is 5.82 Å². The second-order valence-corrected chi connectivity index (χ2v) is 6.04. The summed E-state index contributed by atoms with van der Waals surface area (Å²) in [4.78, 5) is 4.61. The number of hydrogen-bond acceptors (Lipinski definition) is 3. The van der Waals surface area contributed by atoms with Crippen molar-refractivity contribution in [2.24, 2.45) is 0 Å². The Hall–Kier alpha value is -1.39. The highest BCUT2D eigenvalue weighted by molar-refractivity contribution is 6.31. The van der Waals surface area contributed by atoms with Gasteiger partial charge < -0.3 is 5.11 Å². The molecule has 0 aliphatic carbocycles. The molecule has 0 radical (unpaired) electrons. The molecule has 2 aromatic rings. The standard InChI is InChI=1S/C14H18ClN3O/c1-9-11(15)7-18(17-9)13-6-10(8-19)5-12(16-13)14(2,3)4/h5-7,19H,8H2,1-4H3. The molecule has 2 rings (SSSR count). The van der Waals surface area contributed by atoms with E-state index in [1.807, 2.05) is 19.1 Å². The third kappa shape index (κ3) is 2.96. The lowest BCUT2D eigenvalue weighted by Crippen LogP contribution is -2.16. The minimum Gasteiger partial charge on any atom is -0.392 e. The monoisotopic (exact) mass is 279 g/mol. The number of pyridine rings is 1. The predicted octanol–water partition coefficient (Wildman–Crippen LogP) is 3.02. The summed E-state index contributed by atoms with van der Waals surface area (Å²) < 4.78 is 1.64. The molecule has 102 valence electrons. The number of halogens is 1. The summed E-state index contributed by atoms with van der Waals surface area (Å²) in [5.41, 5.74) is 2.40. The maximum Gasteiger partial charge on any atom is 0.154 e. The van der Waals surface area contributed by atoms with Crippen LogP contribution in [0.15, 0.2) is 18.3 Å². The van der Waals surface area contributed by atoms with Crippen molar-refractivity contribution < 1.29 is 5.11 Å². The molecular formula is C14H18ClN3O. The van der Waals surface area contributed by atoms with Crippen LogP contribution in [0.5, 0.6) is 0 Å². The molecule has 0 amide bonds. The molecule has 0 aliphatic heterocycles. The van der Waals surface area contributed by atoms with E-state index in [2.05, 4.69) is 30.9 Å². The summed E-state index contributed by atoms with van der Waals surface area (Å²) in [5, 5.41) is 14.3. The fourth-order valence-electron chi connectivity index (χ4n) is 1.72. The minimum absolute atomic E-state index is 0.0212. The predicted molar refractivity (Wildman–Crippen MR) is 75.7 cm³/mol. The van der Waals surface area contributed by atoms with E-state index in [0.717, 1.165) is 17.0 Å². The third-order valence-electron chi connectivity index (χ3n) is 2.90. The number of rotatable bonds is 2. The molecule has 0 fully saturated rings. The Morgan fingerprint density at radius 3 is 2.47 bits per heavy atom. The fourth-order valence-corrected chi connectivity index (χ4v) is 1.85. The second kappa shape index (κ2) is 4.94. The average molecular weight is 280 g/mol. The van der Waals surface area contributed by atoms with Crippen LogP contribution in [0.2, 0.25) is 5.02 Å². The number of aryl methyl sites for hydroxylation is 1. The summed E-state index contributed by atoms with van der Waals surface area (Å²) in [6.45, 7) is 8.08. The number of nitrogens with zero attached hydrogens (tertiary/aromatic N) is 3. The molecule has 4 nitrogen and oxygen atoms in total. The maximum atomic E-state index is 9.38. The van der Waals surface area contributed by atoms with Crippen molar-refractivity contribution in [3.8, 4) is 5.82 Å². The summed E-state index contributed by atoms with van der Waals surface area (Å²) in [6, 6.07) is 3.74. The van der Waals surface area contributed by atoms with Gasteiger partial charge in [-0.1, -0.05) is 32.4 Å². The molecule has 0 spiro atoms. The van der Waals surface area contributed by atoms with E-state index < -0.39 is 0 Å². The normalized spacial score (nSPS) is 11.9. The zero-order valence-electron chi connectivity index (χ0n) is 11.6. The topological polar surface area (TPSA) is 50.9 Å². The zero-order chi connectivity index (χ0) is 14.2. The molecule has 0 unspecified atom stereocenters. The molecule has 2 heterocycles. The Balaban J connectivity index is 2.57. The van der Waals surface area contributed by atoms with E-state index in [1.165, 1.54) is 0 Å². The van der Waals surface area contributed by atoms with Gasteiger partial charge in [-0.15, -0.1) is 0 Å². The minimum atomic E-state index is -0.0913. The van der Waals surface area contributed by atoms with Crippen LogP contribution in [0.4, 0.5) is 0 Å². The summed E-state index contributed by atoms with van der Waals surface area (Å²) >= 11 is 6.02. The number of hydrogen-bond donors (Lipinski definition) is 1. The molecule has 0 aromatic carbocycles. The van der Waals surface area contributed by atoms with Crippen molar-refractivity contribution in [3.63, 3.8) is 0 Å². The Bertz CT molecular complexity index is 580. The van der Waals surface area contributed by atoms with Gasteiger partial charge in [0.2, 0.25) is 0 Å². The summed E-state index contributed by atoms with van der Waals surface area (Å²) in [7, 11) is 0. The van der Waals surface area contributed by atoms with Crippen molar-refractivity contribution in [2.45, 2.75) is 39.7 Å². The molecular weight excluding hydrogens is 262 g/mol. The Labute approximate surface area is 118 Å². The van der Waals surface area contributed by atoms with Crippen LogP contribution in [0.25, 0.3) is 5.82 Å². The zero-order valence-corrected chi connectivity index (χ0v) is 12.4. The first-order chi connectivity index (χ1) is 8.81. The van der Waals surface area contributed by atoms with E-state index >= 15 is 0 Å². The molecule has 19 heavy (non-hydrogen) atoms. The smallest absolute Gasteiger partial charge is 0.154 e. The molecule has 0 atom stereocenters. The van der Waals surface area contributed by atoms with Crippen molar-refractivity contribution in [1.29, 1.82) is 0 Å². The molecule has 0 saturated carbocycles. The maximum absolute atomic E-state index is 9.38. The van der Waals surface area contributed by atoms with Gasteiger partial charge in [-0.2, -0.15) is 5.10 Å². The number of aromatic nitrogens is 3. The number of aliphatic hydroxyl groups excluding tert-OH is 1. The lowest BCUT2D eigenvalue weighted by Gasteiger charge is -2.19. The van der Waals surface area contributed by atoms with Gasteiger partial charge in [-0.25, -0.2) is 9.67 Å². The highest BCUT2D eigenvalue weighted by atomic mass is 35.5. The average Bonchev–Trinajstić information content (AvgIpc) is 2.68. The largest absolute Gasteiger partial charge is 0.392 e. The van der Waals surface area contributed by atoms with Gasteiger partial charge in [0.1, 0.15) is 0 Å². The van der Waals surface area contributed by atoms with E-state index in [-0.39, 0.29) is 12.0 Å². The van der Waals surface area contributed by atoms with Gasteiger partial charge in [-0.3, -0.25) is 0 Å². The van der Waals surface area contributed by atoms with Gasteiger partial charge >= 0.3 is 0 Å². The summed E-state index contributed by atoms with van der Waals surface area (Å²) in [6.07, 6.45) is 1.73. The van der Waals surface area contributed by atoms with Crippen LogP contribution < -0.4 is 0 Å². The van der Waals surface area contributed by atoms with Crippen LogP contribution in [0.3, 0.4) is 0 Å². The van der Waals surface area contributed by atoms with Crippen LogP contribution in [-0.4, -0.2) is 19.9 Å². The fraction of sp³-hybridized carbons (Fsp3) is 0.429. The highest BCUT2D eigenvalue weighted by Gasteiger charge is 2.18. The van der Waals surface area contributed by atoms with E-state index in [1.54, 1.807) is 10.9 Å². The Kier molecular flexibility index (Phi) is 3.65. The van der Waals surface area contributed by atoms with Gasteiger partial charge in [0, 0.05) is 11.1 Å². The lowest BCUT2D eigenvalue weighted by molar-refractivity contribution is 0.281. The third-order valence-corrected chi connectivity index (χ3v) is 3.27. The molecule has 1 N–H and O–H groups in total. The first-order valence-corrected chi connectivity index (χ1v) is 6.53. The van der Waals surface area contributed by atoms with Crippen LogP contribution in [-0.2, 0) is 12.0 Å². The van der Waals surface area contributed by atoms with Gasteiger partial charge in [0.05, 0.1) is 23.5 Å². The summed E-state index contributed by atoms with van der Waals surface area (Å²) in [5.74, 6) is 0.673. The van der Waals surface area contributed by atoms with E-state index in [0.29, 0.717) is 10.8 Å². The molecule has 0 saturated heterocycles. The van der Waals surface area contributed by atoms with Crippen molar-refractivity contribution in [1.82, 2.24) is 14.8 Å². The second-order valence-electron chi connectivity index (χ2n) is 5.63. The van der Waals surface area contributed by atoms with Crippen molar-refractivity contribution in [3.05, 3.63) is 40.3 Å². The molecule has 2 aromatic heterocycles. The molecule has 5 heteroatoms. The SMILES string of the molecule is Cc1nn(-c2cc(CO)cc(C(C)(C)C)n2)cc1Cl. The van der Waals surface area contributed by atoms with Gasteiger partial charge in [0.25, 0.3) is 0 Å². The van der Waals surface area contributed by atoms with Crippen molar-refractivity contribution in [2.75, 3.05) is 0 Å². The molecule has 0 aliphatic rings. The Morgan fingerprint density at radius 2 is 2.00 bits per heavy atom. The lowest BCUT2D eigenvalue weighted by atomic mass is 9.91. The highest BCUT2D eigenvalue weighted by Crippen LogP contribution is 2.24. The van der Waals surface area contributed by atoms with Crippen LogP contribution in [0, 0.1) is 6.92 Å². The first kappa shape index (κ1) is 14.0. The van der Waals surface area contributed by atoms with Crippen LogP contribution in [0.1, 0.15) is 37.7 Å². The van der Waals surface area contributed by atoms with Gasteiger partial charge in [-0.05, 0) is 24.6 Å². The number of aliphatic hydroxyl groups is 1. The quantitative estimate of drug-likeness (QED) is 0.919. The molecule has 0 bridgehead atoms. The Morgan fingerprint density at radius 1 is 1.32 bits per heavy atom. The van der Waals surface area contributed by atoms with E-state index in [4.69, 9.17) is 11.6 Å². The van der Waals surface area contributed by atoms with Crippen molar-refractivity contribution >= 4 is 11.6 Å². The van der Waals surface area contributed by atoms with E-state index in [9.17, 15) is 5.11 Å². The first-order valence-electron chi connectivity index (χ1n) is 6.15. The van der Waals surface area contributed by atoms with Crippen LogP contribution >= 0.6 is 11.6 Å².